The van der Waals surface area contributed by atoms with Gasteiger partial charge in [0.25, 0.3) is 5.91 Å². The van der Waals surface area contributed by atoms with E-state index in [1.807, 2.05) is 44.2 Å². The summed E-state index contributed by atoms with van der Waals surface area (Å²) in [6.45, 7) is 12.3. The number of nitrogens with zero attached hydrogens (tertiary/aromatic N) is 1. The third-order valence-electron chi connectivity index (χ3n) is 10.6. The summed E-state index contributed by atoms with van der Waals surface area (Å²) >= 11 is 7.56. The normalized spacial score (nSPS) is 24.6. The highest BCUT2D eigenvalue weighted by Gasteiger charge is 2.62. The van der Waals surface area contributed by atoms with Crippen molar-refractivity contribution in [3.63, 3.8) is 0 Å². The average molecular weight is 666 g/mol. The molecule has 6 rings (SSSR count). The second kappa shape index (κ2) is 15.1. The molecule has 1 fully saturated rings. The first kappa shape index (κ1) is 34.7. The molecule has 2 N–H and O–H groups in total. The van der Waals surface area contributed by atoms with Crippen molar-refractivity contribution in [2.24, 2.45) is 17.3 Å². The minimum absolute atomic E-state index is 0.159. The van der Waals surface area contributed by atoms with Crippen LogP contribution in [0.2, 0.25) is 0 Å². The van der Waals surface area contributed by atoms with Crippen LogP contribution in [-0.2, 0) is 0 Å². The fourth-order valence-corrected chi connectivity index (χ4v) is 9.22. The fourth-order valence-electron chi connectivity index (χ4n) is 8.32. The molecule has 0 bridgehead atoms. The van der Waals surface area contributed by atoms with Crippen LogP contribution in [0.5, 0.6) is 0 Å². The van der Waals surface area contributed by atoms with Crippen LogP contribution in [0, 0.1) is 30.1 Å². The Labute approximate surface area is 290 Å². The van der Waals surface area contributed by atoms with Gasteiger partial charge >= 0.3 is 0 Å². The van der Waals surface area contributed by atoms with Crippen molar-refractivity contribution in [3.05, 3.63) is 105 Å². The number of rotatable bonds is 10. The summed E-state index contributed by atoms with van der Waals surface area (Å²) in [5.41, 5.74) is 11.1. The van der Waals surface area contributed by atoms with E-state index < -0.39 is 0 Å². The number of benzene rings is 2. The Hall–Kier alpha value is -3.59. The van der Waals surface area contributed by atoms with Gasteiger partial charge in [0.05, 0.1) is 5.69 Å². The first-order chi connectivity index (χ1) is 22.7. The van der Waals surface area contributed by atoms with E-state index in [0.717, 1.165) is 34.4 Å². The van der Waals surface area contributed by atoms with Gasteiger partial charge in [-0.2, -0.15) is 0 Å². The second-order valence-electron chi connectivity index (χ2n) is 13.7. The maximum Gasteiger partial charge on any atom is 0.255 e. The van der Waals surface area contributed by atoms with Crippen molar-refractivity contribution in [1.82, 2.24) is 10.3 Å². The number of nitrogens with one attached hydrogen (secondary N) is 2. The van der Waals surface area contributed by atoms with Crippen LogP contribution in [0.3, 0.4) is 0 Å². The van der Waals surface area contributed by atoms with Gasteiger partial charge in [0.15, 0.2) is 5.13 Å². The van der Waals surface area contributed by atoms with Crippen LogP contribution in [0.4, 0.5) is 5.13 Å². The van der Waals surface area contributed by atoms with Crippen LogP contribution in [0.25, 0.3) is 11.3 Å². The fraction of sp³-hybridized carbons (Fsp3) is 0.415. The molecular weight excluding hydrogens is 618 g/mol. The molecule has 1 amide bonds. The number of thiazole rings is 1. The van der Waals surface area contributed by atoms with Crippen LogP contribution in [-0.4, -0.2) is 23.3 Å². The van der Waals surface area contributed by atoms with Crippen LogP contribution >= 0.6 is 22.9 Å². The summed E-state index contributed by atoms with van der Waals surface area (Å²) in [4.78, 5) is 18.0. The van der Waals surface area contributed by atoms with E-state index >= 15 is 0 Å². The number of allylic oxidation sites excluding steroid dienone is 5. The molecule has 3 aliphatic rings. The number of carbonyl (C=O) groups is 1. The molecule has 6 heteroatoms. The highest BCUT2D eigenvalue weighted by Crippen LogP contribution is 2.71. The molecule has 1 saturated carbocycles. The summed E-state index contributed by atoms with van der Waals surface area (Å²) in [5.74, 6) is 2.71. The molecule has 5 unspecified atom stereocenters. The molecule has 2 aromatic carbocycles. The lowest BCUT2D eigenvalue weighted by molar-refractivity contribution is 0.0209. The summed E-state index contributed by atoms with van der Waals surface area (Å²) in [6.07, 6.45) is 18.0. The molecule has 0 saturated heterocycles. The molecule has 4 nitrogen and oxygen atoms in total. The smallest absolute Gasteiger partial charge is 0.255 e. The number of hydrogen-bond acceptors (Lipinski definition) is 4. The summed E-state index contributed by atoms with van der Waals surface area (Å²) in [5, 5.41) is 9.75. The number of alkyl halides is 1. The maximum atomic E-state index is 13.1. The standard InChI is InChI=1S/C39H46ClN3OS.C2H2/c1-6-26-19-25(4)14-15-31(26)36-33-13-8-7-12-32(33)34-21-29(39(34,36)5)22-41-38-43-35(23-45-38)27-10-9-11-28(20-27)37(44)42-30(16-17-40)18-24(2)3;1-2/h7-13,16,18,20,23,25,29,34,36H,6,14-15,17,19,21-22H2,1-5H3,(H,41,43)(H,42,44);1-2H/b30-16+;. The van der Waals surface area contributed by atoms with Crippen molar-refractivity contribution < 1.29 is 4.79 Å². The topological polar surface area (TPSA) is 54.0 Å². The third-order valence-corrected chi connectivity index (χ3v) is 11.6. The summed E-state index contributed by atoms with van der Waals surface area (Å²) < 4.78 is 0. The summed E-state index contributed by atoms with van der Waals surface area (Å²) in [7, 11) is 0. The lowest BCUT2D eigenvalue weighted by Gasteiger charge is -2.55. The van der Waals surface area contributed by atoms with Gasteiger partial charge in [-0.25, -0.2) is 4.98 Å². The molecule has 1 heterocycles. The highest BCUT2D eigenvalue weighted by molar-refractivity contribution is 7.14. The number of fused-ring (bicyclic) bond motifs is 3. The lowest BCUT2D eigenvalue weighted by atomic mass is 9.49. The quantitative estimate of drug-likeness (QED) is 0.0980. The Bertz CT molecular complexity index is 1710. The zero-order valence-electron chi connectivity index (χ0n) is 28.4. The van der Waals surface area contributed by atoms with Crippen molar-refractivity contribution in [2.75, 3.05) is 17.7 Å². The first-order valence-corrected chi connectivity index (χ1v) is 18.3. The maximum absolute atomic E-state index is 13.1. The highest BCUT2D eigenvalue weighted by atomic mass is 35.5. The van der Waals surface area contributed by atoms with Gasteiger partial charge in [-0.1, -0.05) is 73.9 Å². The predicted molar refractivity (Wildman–Crippen MR) is 200 cm³/mol. The number of halogens is 1. The van der Waals surface area contributed by atoms with Crippen molar-refractivity contribution in [3.8, 4) is 24.1 Å². The van der Waals surface area contributed by atoms with E-state index in [-0.39, 0.29) is 11.3 Å². The van der Waals surface area contributed by atoms with Crippen molar-refractivity contribution >= 4 is 34.0 Å². The van der Waals surface area contributed by atoms with Gasteiger partial charge in [-0.3, -0.25) is 4.79 Å². The number of anilines is 1. The van der Waals surface area contributed by atoms with Gasteiger partial charge in [0.1, 0.15) is 0 Å². The molecule has 0 radical (unpaired) electrons. The van der Waals surface area contributed by atoms with Gasteiger partial charge in [-0.05, 0) is 105 Å². The Kier molecular flexibility index (Phi) is 11.2. The lowest BCUT2D eigenvalue weighted by Crippen LogP contribution is -2.49. The molecule has 0 aliphatic heterocycles. The molecule has 0 spiro atoms. The third kappa shape index (κ3) is 7.01. The molecular formula is C41H48ClN3OS. The van der Waals surface area contributed by atoms with E-state index in [1.165, 1.54) is 32.1 Å². The largest absolute Gasteiger partial charge is 0.361 e. The molecule has 1 aromatic heterocycles. The number of terminal acetylenes is 1. The van der Waals surface area contributed by atoms with Gasteiger partial charge in [-0.15, -0.1) is 35.8 Å². The minimum Gasteiger partial charge on any atom is -0.361 e. The SMILES string of the molecule is C#C.CCC1=C(C2c3ccccc3C3CC(CNc4nc(-c5cccc(C(=O)N/C(C=C(C)C)=C/CCl)c5)cs4)C32C)CCC(C)C1. The monoisotopic (exact) mass is 665 g/mol. The predicted octanol–water partition coefficient (Wildman–Crippen LogP) is 10.7. The Balaban J connectivity index is 0.00000213. The Morgan fingerprint density at radius 1 is 1.15 bits per heavy atom. The van der Waals surface area contributed by atoms with Crippen molar-refractivity contribution in [2.45, 2.75) is 78.6 Å². The first-order valence-electron chi connectivity index (χ1n) is 16.9. The number of aromatic nitrogens is 1. The van der Waals surface area contributed by atoms with E-state index in [2.05, 4.69) is 73.9 Å². The van der Waals surface area contributed by atoms with E-state index in [9.17, 15) is 4.79 Å². The molecule has 3 aliphatic carbocycles. The number of amides is 1. The second-order valence-corrected chi connectivity index (χ2v) is 14.9. The molecule has 3 aromatic rings. The van der Waals surface area contributed by atoms with Gasteiger partial charge < -0.3 is 10.6 Å². The molecule has 246 valence electrons. The van der Waals surface area contributed by atoms with Gasteiger partial charge in [0, 0.05) is 40.5 Å². The van der Waals surface area contributed by atoms with E-state index in [1.54, 1.807) is 39.7 Å². The zero-order valence-corrected chi connectivity index (χ0v) is 30.0. The molecule has 5 atom stereocenters. The molecule has 47 heavy (non-hydrogen) atoms. The minimum atomic E-state index is -0.159. The average Bonchev–Trinajstić information content (AvgIpc) is 3.62. The Morgan fingerprint density at radius 2 is 1.91 bits per heavy atom. The zero-order chi connectivity index (χ0) is 33.7. The number of carbonyl (C=O) groups excluding carboxylic acids is 1. The number of hydrogen-bond donors (Lipinski definition) is 2. The van der Waals surface area contributed by atoms with Crippen LogP contribution in [0.1, 0.15) is 100 Å². The van der Waals surface area contributed by atoms with Gasteiger partial charge in [0.2, 0.25) is 0 Å². The van der Waals surface area contributed by atoms with E-state index in [0.29, 0.717) is 34.9 Å². The van der Waals surface area contributed by atoms with Crippen LogP contribution in [0.15, 0.2) is 88.5 Å². The van der Waals surface area contributed by atoms with Crippen molar-refractivity contribution in [1.29, 1.82) is 0 Å². The summed E-state index contributed by atoms with van der Waals surface area (Å²) in [6, 6.07) is 17.0. The van der Waals surface area contributed by atoms with Crippen LogP contribution < -0.4 is 10.6 Å². The Morgan fingerprint density at radius 3 is 2.64 bits per heavy atom. The van der Waals surface area contributed by atoms with E-state index in [4.69, 9.17) is 16.6 Å².